The summed E-state index contributed by atoms with van der Waals surface area (Å²) in [5.74, 6) is -2.87. The fraction of sp³-hybridized carbons (Fsp3) is 0.318. The lowest BCUT2D eigenvalue weighted by molar-refractivity contribution is -0.135. The predicted molar refractivity (Wildman–Crippen MR) is 127 cm³/mol. The maximum absolute atomic E-state index is 13.6. The molecular formula is C22H22N4O6S2. The van der Waals surface area contributed by atoms with E-state index in [-0.39, 0.29) is 33.9 Å². The Labute approximate surface area is 197 Å². The van der Waals surface area contributed by atoms with Crippen LogP contribution in [0.15, 0.2) is 57.8 Å². The zero-order valence-corrected chi connectivity index (χ0v) is 19.8. The number of hydrogen-bond acceptors (Lipinski definition) is 7. The molecule has 0 radical (unpaired) electrons. The average Bonchev–Trinajstić information content (AvgIpc) is 3.23. The second-order valence-electron chi connectivity index (χ2n) is 8.65. The number of fused-ring (bicyclic) bond motifs is 2. The van der Waals surface area contributed by atoms with Gasteiger partial charge in [0, 0.05) is 23.3 Å². The number of carbonyl (C=O) groups is 2. The van der Waals surface area contributed by atoms with E-state index in [9.17, 15) is 26.4 Å². The molecule has 0 aromatic heterocycles. The Balaban J connectivity index is 1.55. The van der Waals surface area contributed by atoms with Gasteiger partial charge in [0.25, 0.3) is 10.0 Å². The smallest absolute Gasteiger partial charge is 0.286 e. The number of carbonyl (C=O) groups excluding carboxylic acids is 2. The van der Waals surface area contributed by atoms with E-state index in [4.69, 9.17) is 0 Å². The van der Waals surface area contributed by atoms with Gasteiger partial charge in [-0.25, -0.2) is 8.42 Å². The third-order valence-corrected chi connectivity index (χ3v) is 8.23. The van der Waals surface area contributed by atoms with Crippen LogP contribution >= 0.6 is 0 Å². The molecule has 1 saturated carbocycles. The first-order valence-electron chi connectivity index (χ1n) is 10.7. The van der Waals surface area contributed by atoms with Gasteiger partial charge in [-0.2, -0.15) is 8.42 Å². The lowest BCUT2D eigenvalue weighted by atomic mass is 9.81. The molecule has 5 rings (SSSR count). The summed E-state index contributed by atoms with van der Waals surface area (Å²) in [4.78, 5) is 28.4. The van der Waals surface area contributed by atoms with Crippen LogP contribution in [0.25, 0.3) is 0 Å². The van der Waals surface area contributed by atoms with Crippen molar-refractivity contribution in [3.8, 4) is 0 Å². The van der Waals surface area contributed by atoms with Gasteiger partial charge < -0.3 is 10.2 Å². The highest BCUT2D eigenvalue weighted by molar-refractivity contribution is 7.92. The van der Waals surface area contributed by atoms with Gasteiger partial charge in [0.05, 0.1) is 11.9 Å². The molecule has 1 aliphatic carbocycles. The molecule has 178 valence electrons. The van der Waals surface area contributed by atoms with Crippen molar-refractivity contribution < 1.29 is 26.4 Å². The Morgan fingerprint density at radius 2 is 1.82 bits per heavy atom. The standard InChI is InChI=1S/C22H22N4O6S2/c1-33(29,30)24-13-10-11-16-18(12-13)34(31,32)25-21(23-16)19-20(27)15-8-5-9-17(15)26(22(19)28)14-6-3-2-4-7-14/h2-4,6-7,10-12,15,17,19,24H,5,8-9H2,1H3,(H,23,25). The second-order valence-corrected chi connectivity index (χ2v) is 12.0. The third kappa shape index (κ3) is 3.86. The number of amides is 1. The van der Waals surface area contributed by atoms with Gasteiger partial charge in [-0.15, -0.1) is 4.40 Å². The van der Waals surface area contributed by atoms with Crippen LogP contribution in [0.2, 0.25) is 0 Å². The lowest BCUT2D eigenvalue weighted by Crippen LogP contribution is -2.59. The molecule has 34 heavy (non-hydrogen) atoms. The minimum absolute atomic E-state index is 0.0548. The van der Waals surface area contributed by atoms with E-state index in [1.54, 1.807) is 29.2 Å². The summed E-state index contributed by atoms with van der Waals surface area (Å²) in [5, 5.41) is 2.85. The normalized spacial score (nSPS) is 25.7. The number of hydrogen-bond donors (Lipinski definition) is 2. The van der Waals surface area contributed by atoms with Crippen LogP contribution in [0, 0.1) is 11.8 Å². The summed E-state index contributed by atoms with van der Waals surface area (Å²) in [6.45, 7) is 0. The zero-order valence-electron chi connectivity index (χ0n) is 18.1. The lowest BCUT2D eigenvalue weighted by Gasteiger charge is -2.41. The zero-order chi connectivity index (χ0) is 24.3. The van der Waals surface area contributed by atoms with E-state index in [1.165, 1.54) is 12.1 Å². The first kappa shape index (κ1) is 22.5. The quantitative estimate of drug-likeness (QED) is 0.609. The molecule has 10 nitrogen and oxygen atoms in total. The van der Waals surface area contributed by atoms with Crippen LogP contribution in [-0.4, -0.2) is 46.7 Å². The Morgan fingerprint density at radius 1 is 1.09 bits per heavy atom. The van der Waals surface area contributed by atoms with Crippen LogP contribution < -0.4 is 14.9 Å². The van der Waals surface area contributed by atoms with E-state index in [2.05, 4.69) is 14.4 Å². The van der Waals surface area contributed by atoms with Gasteiger partial charge in [0.15, 0.2) is 11.7 Å². The predicted octanol–water partition coefficient (Wildman–Crippen LogP) is 1.97. The molecule has 2 N–H and O–H groups in total. The summed E-state index contributed by atoms with van der Waals surface area (Å²) in [6, 6.07) is 12.7. The molecule has 2 aliphatic heterocycles. The Bertz CT molecular complexity index is 1440. The number of para-hydroxylation sites is 1. The van der Waals surface area contributed by atoms with Crippen molar-refractivity contribution >= 4 is 54.6 Å². The maximum atomic E-state index is 13.6. The fourth-order valence-electron chi connectivity index (χ4n) is 4.96. The van der Waals surface area contributed by atoms with Crippen LogP contribution in [-0.2, 0) is 29.6 Å². The van der Waals surface area contributed by atoms with Crippen molar-refractivity contribution in [3.05, 3.63) is 48.5 Å². The van der Waals surface area contributed by atoms with Gasteiger partial charge in [0.1, 0.15) is 10.7 Å². The number of nitrogens with one attached hydrogen (secondary N) is 2. The SMILES string of the molecule is CS(=O)(=O)Nc1ccc2c(c1)S(=O)(=O)N=C(C1C(=O)C3CCCC3N(c3ccccc3)C1=O)N2. The fourth-order valence-corrected chi connectivity index (χ4v) is 6.70. The van der Waals surface area contributed by atoms with E-state index in [0.717, 1.165) is 18.7 Å². The second kappa shape index (κ2) is 7.91. The number of rotatable bonds is 4. The van der Waals surface area contributed by atoms with Gasteiger partial charge in [-0.1, -0.05) is 24.6 Å². The third-order valence-electron chi connectivity index (χ3n) is 6.30. The molecule has 1 amide bonds. The molecule has 2 aromatic rings. The first-order chi connectivity index (χ1) is 16.0. The monoisotopic (exact) mass is 502 g/mol. The number of anilines is 3. The molecule has 2 heterocycles. The van der Waals surface area contributed by atoms with Crippen LogP contribution in [0.5, 0.6) is 0 Å². The number of sulfonamides is 2. The summed E-state index contributed by atoms with van der Waals surface area (Å²) >= 11 is 0. The number of benzene rings is 2. The molecule has 0 spiro atoms. The van der Waals surface area contributed by atoms with Gasteiger partial charge >= 0.3 is 0 Å². The number of Topliss-reactive ketones (excluding diaryl/α,β-unsaturated/α-hetero) is 1. The van der Waals surface area contributed by atoms with Gasteiger partial charge in [-0.3, -0.25) is 14.3 Å². The Morgan fingerprint density at radius 3 is 2.53 bits per heavy atom. The number of amidine groups is 1. The molecule has 3 atom stereocenters. The number of ketones is 1. The van der Waals surface area contributed by atoms with Crippen molar-refractivity contribution in [2.75, 3.05) is 21.2 Å². The maximum Gasteiger partial charge on any atom is 0.286 e. The molecule has 3 aliphatic rings. The molecule has 0 bridgehead atoms. The molecule has 2 aromatic carbocycles. The van der Waals surface area contributed by atoms with E-state index >= 15 is 0 Å². The van der Waals surface area contributed by atoms with Crippen molar-refractivity contribution in [1.29, 1.82) is 0 Å². The highest BCUT2D eigenvalue weighted by atomic mass is 32.2. The van der Waals surface area contributed by atoms with Crippen LogP contribution in [0.4, 0.5) is 17.1 Å². The average molecular weight is 503 g/mol. The van der Waals surface area contributed by atoms with E-state index in [1.807, 2.05) is 6.07 Å². The van der Waals surface area contributed by atoms with Crippen LogP contribution in [0.1, 0.15) is 19.3 Å². The summed E-state index contributed by atoms with van der Waals surface area (Å²) < 4.78 is 55.0. The largest absolute Gasteiger partial charge is 0.341 e. The van der Waals surface area contributed by atoms with E-state index in [0.29, 0.717) is 18.5 Å². The first-order valence-corrected chi connectivity index (χ1v) is 14.0. The highest BCUT2D eigenvalue weighted by Gasteiger charge is 2.53. The Kier molecular flexibility index (Phi) is 5.24. The van der Waals surface area contributed by atoms with Crippen molar-refractivity contribution in [3.63, 3.8) is 0 Å². The van der Waals surface area contributed by atoms with Crippen molar-refractivity contribution in [1.82, 2.24) is 0 Å². The molecule has 12 heteroatoms. The van der Waals surface area contributed by atoms with Gasteiger partial charge in [0.2, 0.25) is 15.9 Å². The van der Waals surface area contributed by atoms with Gasteiger partial charge in [-0.05, 0) is 43.2 Å². The summed E-state index contributed by atoms with van der Waals surface area (Å²) in [7, 11) is -7.92. The van der Waals surface area contributed by atoms with Crippen molar-refractivity contribution in [2.45, 2.75) is 30.2 Å². The molecule has 3 unspecified atom stereocenters. The molecule has 1 saturated heterocycles. The minimum Gasteiger partial charge on any atom is -0.341 e. The molecular weight excluding hydrogens is 480 g/mol. The van der Waals surface area contributed by atoms with Crippen LogP contribution in [0.3, 0.4) is 0 Å². The Hall–Kier alpha value is -3.25. The molecule has 2 fully saturated rings. The summed E-state index contributed by atoms with van der Waals surface area (Å²) in [5.41, 5.74) is 0.821. The van der Waals surface area contributed by atoms with Crippen molar-refractivity contribution in [2.24, 2.45) is 16.2 Å². The number of piperidine rings is 1. The minimum atomic E-state index is -4.30. The summed E-state index contributed by atoms with van der Waals surface area (Å²) in [6.07, 6.45) is 3.06. The number of nitrogens with zero attached hydrogens (tertiary/aromatic N) is 2. The van der Waals surface area contributed by atoms with E-state index < -0.39 is 37.8 Å². The topological polar surface area (TPSA) is 142 Å². The highest BCUT2D eigenvalue weighted by Crippen LogP contribution is 2.41.